The molecule has 0 aliphatic carbocycles. The summed E-state index contributed by atoms with van der Waals surface area (Å²) in [5, 5.41) is 0. The maximum atomic E-state index is 12.4. The summed E-state index contributed by atoms with van der Waals surface area (Å²) >= 11 is 0. The molecule has 0 bridgehead atoms. The fraction of sp³-hybridized carbons (Fsp3) is 1.00. The molecule has 0 aromatic carbocycles. The second-order valence-electron chi connectivity index (χ2n) is 2.59. The molecule has 1 aliphatic heterocycles. The molecule has 0 aromatic rings. The van der Waals surface area contributed by atoms with Crippen molar-refractivity contribution in [3.05, 3.63) is 0 Å². The Balaban J connectivity index is 2.55. The second-order valence-corrected chi connectivity index (χ2v) is 2.59. The molecule has 0 spiro atoms. The zero-order valence-electron chi connectivity index (χ0n) is 6.64. The highest BCUT2D eigenvalue weighted by Gasteiger charge is 2.47. The van der Waals surface area contributed by atoms with Crippen LogP contribution < -0.4 is 0 Å². The van der Waals surface area contributed by atoms with Gasteiger partial charge in [0.25, 0.3) is 0 Å². The van der Waals surface area contributed by atoms with Crippen LogP contribution in [-0.4, -0.2) is 18.5 Å². The van der Waals surface area contributed by atoms with Crippen molar-refractivity contribution in [1.82, 2.24) is 0 Å². The van der Waals surface area contributed by atoms with E-state index >= 15 is 0 Å². The first-order valence-corrected chi connectivity index (χ1v) is 3.82. The van der Waals surface area contributed by atoms with E-state index in [1.54, 1.807) is 13.8 Å². The van der Waals surface area contributed by atoms with Crippen molar-refractivity contribution in [1.29, 1.82) is 0 Å². The van der Waals surface area contributed by atoms with Crippen molar-refractivity contribution in [2.24, 2.45) is 0 Å². The van der Waals surface area contributed by atoms with Gasteiger partial charge in [-0.25, -0.2) is 0 Å². The fourth-order valence-electron chi connectivity index (χ4n) is 1.22. The summed E-state index contributed by atoms with van der Waals surface area (Å²) in [5.41, 5.74) is 0. The summed E-state index contributed by atoms with van der Waals surface area (Å²) in [6.45, 7) is 3.61. The second kappa shape index (κ2) is 3.03. The SMILES string of the molecule is CCC1OC(F)(F)OC1CC. The van der Waals surface area contributed by atoms with Crippen LogP contribution in [0.2, 0.25) is 0 Å². The molecule has 2 nitrogen and oxygen atoms in total. The first-order valence-electron chi connectivity index (χ1n) is 3.82. The molecule has 66 valence electrons. The Morgan fingerprint density at radius 3 is 1.73 bits per heavy atom. The van der Waals surface area contributed by atoms with E-state index in [0.717, 1.165) is 0 Å². The molecule has 1 aliphatic rings. The molecule has 2 atom stereocenters. The number of hydrogen-bond donors (Lipinski definition) is 0. The Hall–Kier alpha value is -0.220. The first kappa shape index (κ1) is 8.87. The standard InChI is InChI=1S/C7H12F2O2/c1-3-5-6(4-2)11-7(8,9)10-5/h5-6H,3-4H2,1-2H3. The molecule has 0 amide bonds. The van der Waals surface area contributed by atoms with Crippen molar-refractivity contribution in [3.63, 3.8) is 0 Å². The normalized spacial score (nSPS) is 36.0. The number of alkyl halides is 2. The van der Waals surface area contributed by atoms with Gasteiger partial charge in [-0.2, -0.15) is 0 Å². The van der Waals surface area contributed by atoms with Crippen LogP contribution in [0.1, 0.15) is 26.7 Å². The summed E-state index contributed by atoms with van der Waals surface area (Å²) in [6.07, 6.45) is -3.13. The largest absolute Gasteiger partial charge is 0.486 e. The Kier molecular flexibility index (Phi) is 2.44. The fourth-order valence-corrected chi connectivity index (χ4v) is 1.22. The van der Waals surface area contributed by atoms with E-state index in [4.69, 9.17) is 0 Å². The quantitative estimate of drug-likeness (QED) is 0.625. The number of rotatable bonds is 2. The Morgan fingerprint density at radius 1 is 1.09 bits per heavy atom. The van der Waals surface area contributed by atoms with E-state index in [-0.39, 0.29) is 0 Å². The number of halogens is 2. The maximum absolute atomic E-state index is 12.4. The summed E-state index contributed by atoms with van der Waals surface area (Å²) in [4.78, 5) is 0. The summed E-state index contributed by atoms with van der Waals surface area (Å²) in [6, 6.07) is 0. The molecule has 1 rings (SSSR count). The van der Waals surface area contributed by atoms with Crippen molar-refractivity contribution in [3.8, 4) is 0 Å². The average molecular weight is 166 g/mol. The maximum Gasteiger partial charge on any atom is 0.486 e. The van der Waals surface area contributed by atoms with E-state index in [1.165, 1.54) is 0 Å². The van der Waals surface area contributed by atoms with Crippen molar-refractivity contribution >= 4 is 0 Å². The molecule has 1 fully saturated rings. The van der Waals surface area contributed by atoms with Gasteiger partial charge in [0.1, 0.15) is 0 Å². The summed E-state index contributed by atoms with van der Waals surface area (Å²) in [5.74, 6) is 0. The van der Waals surface area contributed by atoms with Crippen molar-refractivity contribution in [2.45, 2.75) is 45.2 Å². The third-order valence-electron chi connectivity index (χ3n) is 1.80. The highest BCUT2D eigenvalue weighted by molar-refractivity contribution is 4.74. The van der Waals surface area contributed by atoms with Gasteiger partial charge in [-0.15, -0.1) is 8.78 Å². The molecule has 2 unspecified atom stereocenters. The molecule has 1 heterocycles. The van der Waals surface area contributed by atoms with Gasteiger partial charge in [-0.3, -0.25) is 9.47 Å². The minimum atomic E-state index is -3.36. The minimum absolute atomic E-state index is 0.449. The molecular weight excluding hydrogens is 154 g/mol. The highest BCUT2D eigenvalue weighted by atomic mass is 19.3. The lowest BCUT2D eigenvalue weighted by Gasteiger charge is -2.09. The van der Waals surface area contributed by atoms with E-state index < -0.39 is 18.5 Å². The van der Waals surface area contributed by atoms with E-state index in [1.807, 2.05) is 0 Å². The van der Waals surface area contributed by atoms with Gasteiger partial charge in [0.15, 0.2) is 0 Å². The Labute approximate surface area is 64.5 Å². The van der Waals surface area contributed by atoms with Crippen molar-refractivity contribution < 1.29 is 18.3 Å². The first-order chi connectivity index (χ1) is 5.09. The minimum Gasteiger partial charge on any atom is -0.290 e. The van der Waals surface area contributed by atoms with Gasteiger partial charge in [0.2, 0.25) is 0 Å². The molecule has 0 radical (unpaired) electrons. The van der Waals surface area contributed by atoms with Gasteiger partial charge in [-0.05, 0) is 12.8 Å². The van der Waals surface area contributed by atoms with Gasteiger partial charge in [-0.1, -0.05) is 13.8 Å². The lowest BCUT2D eigenvalue weighted by molar-refractivity contribution is -0.351. The van der Waals surface area contributed by atoms with E-state index in [9.17, 15) is 8.78 Å². The molecule has 0 aromatic heterocycles. The zero-order valence-corrected chi connectivity index (χ0v) is 6.64. The van der Waals surface area contributed by atoms with E-state index in [0.29, 0.717) is 12.8 Å². The van der Waals surface area contributed by atoms with Crippen molar-refractivity contribution in [2.75, 3.05) is 0 Å². The Morgan fingerprint density at radius 2 is 1.45 bits per heavy atom. The molecule has 11 heavy (non-hydrogen) atoms. The van der Waals surface area contributed by atoms with Crippen LogP contribution >= 0.6 is 0 Å². The molecule has 4 heteroatoms. The predicted octanol–water partition coefficient (Wildman–Crippen LogP) is 2.14. The molecule has 0 saturated carbocycles. The topological polar surface area (TPSA) is 18.5 Å². The zero-order chi connectivity index (χ0) is 8.48. The molecule has 1 saturated heterocycles. The van der Waals surface area contributed by atoms with Gasteiger partial charge >= 0.3 is 6.29 Å². The van der Waals surface area contributed by atoms with Gasteiger partial charge in [0, 0.05) is 0 Å². The van der Waals surface area contributed by atoms with Crippen LogP contribution in [0.3, 0.4) is 0 Å². The van der Waals surface area contributed by atoms with Gasteiger partial charge in [0.05, 0.1) is 12.2 Å². The van der Waals surface area contributed by atoms with E-state index in [2.05, 4.69) is 9.47 Å². The predicted molar refractivity (Wildman–Crippen MR) is 35.3 cm³/mol. The molecule has 0 N–H and O–H groups in total. The van der Waals surface area contributed by atoms with Crippen LogP contribution in [0.25, 0.3) is 0 Å². The number of hydrogen-bond acceptors (Lipinski definition) is 2. The van der Waals surface area contributed by atoms with Crippen LogP contribution in [0.15, 0.2) is 0 Å². The van der Waals surface area contributed by atoms with Crippen LogP contribution in [0, 0.1) is 0 Å². The lowest BCUT2D eigenvalue weighted by Crippen LogP contribution is -2.20. The third-order valence-corrected chi connectivity index (χ3v) is 1.80. The Bertz CT molecular complexity index is 124. The third kappa shape index (κ3) is 1.87. The van der Waals surface area contributed by atoms with Crippen LogP contribution in [0.4, 0.5) is 8.78 Å². The summed E-state index contributed by atoms with van der Waals surface area (Å²) in [7, 11) is 0. The summed E-state index contributed by atoms with van der Waals surface area (Å²) < 4.78 is 33.4. The lowest BCUT2D eigenvalue weighted by atomic mass is 10.1. The smallest absolute Gasteiger partial charge is 0.290 e. The average Bonchev–Trinajstić information content (AvgIpc) is 2.25. The van der Waals surface area contributed by atoms with Crippen LogP contribution in [-0.2, 0) is 9.47 Å². The number of ether oxygens (including phenoxy) is 2. The highest BCUT2D eigenvalue weighted by Crippen LogP contribution is 2.33. The monoisotopic (exact) mass is 166 g/mol. The molecular formula is C7H12F2O2. The van der Waals surface area contributed by atoms with Gasteiger partial charge < -0.3 is 0 Å². The van der Waals surface area contributed by atoms with Crippen LogP contribution in [0.5, 0.6) is 0 Å².